The van der Waals surface area contributed by atoms with Crippen LogP contribution in [0.1, 0.15) is 21.1 Å². The van der Waals surface area contributed by atoms with Crippen molar-refractivity contribution in [3.8, 4) is 0 Å². The highest BCUT2D eigenvalue weighted by atomic mass is 16.1. The number of hydrogen-bond acceptors (Lipinski definition) is 4. The van der Waals surface area contributed by atoms with Crippen molar-refractivity contribution in [3.05, 3.63) is 11.5 Å². The van der Waals surface area contributed by atoms with E-state index in [0.717, 1.165) is 0 Å². The number of anilines is 1. The Kier molecular flexibility index (Phi) is 1.59. The Labute approximate surface area is 61.6 Å². The zero-order chi connectivity index (χ0) is 8.43. The van der Waals surface area contributed by atoms with Crippen LogP contribution in [0.15, 0.2) is 0 Å². The number of aldehydes is 1. The predicted molar refractivity (Wildman–Crippen MR) is 36.9 cm³/mol. The van der Waals surface area contributed by atoms with Gasteiger partial charge in [-0.2, -0.15) is 0 Å². The number of primary amides is 1. The van der Waals surface area contributed by atoms with Crippen molar-refractivity contribution in [3.63, 3.8) is 0 Å². The summed E-state index contributed by atoms with van der Waals surface area (Å²) in [5, 5.41) is 0. The van der Waals surface area contributed by atoms with Crippen LogP contribution in [0, 0.1) is 0 Å². The number of H-pyrrole nitrogens is 1. The Bertz CT molecular complexity index is 303. The Morgan fingerprint density at radius 3 is 2.55 bits per heavy atom. The van der Waals surface area contributed by atoms with Gasteiger partial charge < -0.3 is 16.5 Å². The zero-order valence-corrected chi connectivity index (χ0v) is 5.50. The molecule has 1 amide bonds. The van der Waals surface area contributed by atoms with E-state index in [4.69, 9.17) is 11.5 Å². The van der Waals surface area contributed by atoms with E-state index in [2.05, 4.69) is 9.97 Å². The summed E-state index contributed by atoms with van der Waals surface area (Å²) in [7, 11) is 0. The summed E-state index contributed by atoms with van der Waals surface area (Å²) in [4.78, 5) is 26.5. The van der Waals surface area contributed by atoms with Crippen LogP contribution in [-0.4, -0.2) is 22.2 Å². The lowest BCUT2D eigenvalue weighted by molar-refractivity contribution is 0.0997. The fourth-order valence-electron chi connectivity index (χ4n) is 0.649. The third kappa shape index (κ3) is 1.18. The average molecular weight is 154 g/mol. The van der Waals surface area contributed by atoms with Gasteiger partial charge in [-0.3, -0.25) is 9.59 Å². The van der Waals surface area contributed by atoms with Crippen molar-refractivity contribution in [2.45, 2.75) is 0 Å². The average Bonchev–Trinajstić information content (AvgIpc) is 2.30. The first-order chi connectivity index (χ1) is 5.15. The van der Waals surface area contributed by atoms with Crippen molar-refractivity contribution in [2.75, 3.05) is 5.73 Å². The Morgan fingerprint density at radius 2 is 2.27 bits per heavy atom. The van der Waals surface area contributed by atoms with Crippen molar-refractivity contribution in [1.82, 2.24) is 9.97 Å². The van der Waals surface area contributed by atoms with Crippen molar-refractivity contribution < 1.29 is 9.59 Å². The first-order valence-corrected chi connectivity index (χ1v) is 2.75. The molecule has 0 spiro atoms. The van der Waals surface area contributed by atoms with Crippen molar-refractivity contribution >= 4 is 18.0 Å². The molecule has 5 N–H and O–H groups in total. The van der Waals surface area contributed by atoms with E-state index in [1.807, 2.05) is 0 Å². The first kappa shape index (κ1) is 7.26. The molecule has 0 aromatic carbocycles. The summed E-state index contributed by atoms with van der Waals surface area (Å²) in [6, 6.07) is 0. The largest absolute Gasteiger partial charge is 0.382 e. The highest BCUT2D eigenvalue weighted by Crippen LogP contribution is 2.04. The third-order valence-corrected chi connectivity index (χ3v) is 1.11. The molecule has 6 nitrogen and oxygen atoms in total. The fraction of sp³-hybridized carbons (Fsp3) is 0. The van der Waals surface area contributed by atoms with Gasteiger partial charge in [0.05, 0.1) is 0 Å². The van der Waals surface area contributed by atoms with Crippen molar-refractivity contribution in [2.24, 2.45) is 5.73 Å². The van der Waals surface area contributed by atoms with Crippen molar-refractivity contribution in [1.29, 1.82) is 0 Å². The summed E-state index contributed by atoms with van der Waals surface area (Å²) < 4.78 is 0. The molecule has 0 unspecified atom stereocenters. The quantitative estimate of drug-likeness (QED) is 0.469. The molecule has 0 fully saturated rings. The minimum atomic E-state index is -0.733. The molecule has 0 aliphatic carbocycles. The second-order valence-electron chi connectivity index (χ2n) is 1.86. The maximum absolute atomic E-state index is 10.5. The number of aromatic nitrogens is 2. The number of carbonyl (C=O) groups excluding carboxylic acids is 2. The number of rotatable bonds is 2. The van der Waals surface area contributed by atoms with Gasteiger partial charge in [0.15, 0.2) is 17.9 Å². The molecule has 0 bridgehead atoms. The number of carbonyl (C=O) groups is 2. The van der Waals surface area contributed by atoms with Gasteiger partial charge in [0.2, 0.25) is 0 Å². The van der Waals surface area contributed by atoms with Gasteiger partial charge in [-0.25, -0.2) is 4.98 Å². The standard InChI is InChI=1S/C5H6N4O2/c6-4-3(5(7)11)8-2(1-10)9-4/h1H,6H2,(H2,7,11)(H,8,9). The van der Waals surface area contributed by atoms with Gasteiger partial charge in [0.1, 0.15) is 5.69 Å². The normalized spacial score (nSPS) is 9.45. The second kappa shape index (κ2) is 2.41. The van der Waals surface area contributed by atoms with Gasteiger partial charge in [-0.1, -0.05) is 0 Å². The molecule has 0 saturated heterocycles. The van der Waals surface area contributed by atoms with Gasteiger partial charge in [0.25, 0.3) is 5.91 Å². The van der Waals surface area contributed by atoms with E-state index in [1.54, 1.807) is 0 Å². The maximum Gasteiger partial charge on any atom is 0.269 e. The predicted octanol–water partition coefficient (Wildman–Crippen LogP) is -1.10. The fourth-order valence-corrected chi connectivity index (χ4v) is 0.649. The van der Waals surface area contributed by atoms with Crippen LogP contribution in [0.3, 0.4) is 0 Å². The zero-order valence-electron chi connectivity index (χ0n) is 5.50. The molecule has 0 atom stereocenters. The number of amides is 1. The SMILES string of the molecule is NC(=O)c1[nH]c(C=O)nc1N. The monoisotopic (exact) mass is 154 g/mol. The summed E-state index contributed by atoms with van der Waals surface area (Å²) in [6.07, 6.45) is 0.447. The molecule has 1 aromatic heterocycles. The number of nitrogens with two attached hydrogens (primary N) is 2. The molecular formula is C5H6N4O2. The van der Waals surface area contributed by atoms with E-state index in [9.17, 15) is 9.59 Å². The Balaban J connectivity index is 3.16. The molecule has 6 heteroatoms. The minimum absolute atomic E-state index is 0.00343. The molecular weight excluding hydrogens is 148 g/mol. The lowest BCUT2D eigenvalue weighted by Crippen LogP contribution is -2.13. The molecule has 1 aromatic rings. The minimum Gasteiger partial charge on any atom is -0.382 e. The van der Waals surface area contributed by atoms with Crippen LogP contribution < -0.4 is 11.5 Å². The van der Waals surface area contributed by atoms with E-state index in [0.29, 0.717) is 6.29 Å². The van der Waals surface area contributed by atoms with Crippen LogP contribution in [0.2, 0.25) is 0 Å². The highest BCUT2D eigenvalue weighted by molar-refractivity contribution is 5.96. The number of nitrogens with zero attached hydrogens (tertiary/aromatic N) is 1. The van der Waals surface area contributed by atoms with Gasteiger partial charge in [-0.15, -0.1) is 0 Å². The first-order valence-electron chi connectivity index (χ1n) is 2.75. The van der Waals surface area contributed by atoms with Crippen LogP contribution in [0.25, 0.3) is 0 Å². The van der Waals surface area contributed by atoms with Gasteiger partial charge >= 0.3 is 0 Å². The number of nitrogens with one attached hydrogen (secondary N) is 1. The third-order valence-electron chi connectivity index (χ3n) is 1.11. The molecule has 58 valence electrons. The highest BCUT2D eigenvalue weighted by Gasteiger charge is 2.10. The summed E-state index contributed by atoms with van der Waals surface area (Å²) in [5.41, 5.74) is 10.1. The smallest absolute Gasteiger partial charge is 0.269 e. The number of nitrogen functional groups attached to an aromatic ring is 1. The van der Waals surface area contributed by atoms with E-state index < -0.39 is 5.91 Å². The van der Waals surface area contributed by atoms with Gasteiger partial charge in [0, 0.05) is 0 Å². The summed E-state index contributed by atoms with van der Waals surface area (Å²) >= 11 is 0. The van der Waals surface area contributed by atoms with Crippen LogP contribution in [0.5, 0.6) is 0 Å². The number of aromatic amines is 1. The van der Waals surface area contributed by atoms with Crippen LogP contribution >= 0.6 is 0 Å². The maximum atomic E-state index is 10.5. The molecule has 0 radical (unpaired) electrons. The molecule has 11 heavy (non-hydrogen) atoms. The summed E-state index contributed by atoms with van der Waals surface area (Å²) in [6.45, 7) is 0. The number of hydrogen-bond donors (Lipinski definition) is 3. The van der Waals surface area contributed by atoms with E-state index in [1.165, 1.54) is 0 Å². The topological polar surface area (TPSA) is 115 Å². The summed E-state index contributed by atoms with van der Waals surface area (Å²) in [5.74, 6) is -0.793. The molecule has 0 saturated carbocycles. The van der Waals surface area contributed by atoms with E-state index in [-0.39, 0.29) is 17.3 Å². The van der Waals surface area contributed by atoms with E-state index >= 15 is 0 Å². The van der Waals surface area contributed by atoms with Crippen LogP contribution in [0.4, 0.5) is 5.82 Å². The molecule has 1 heterocycles. The lowest BCUT2D eigenvalue weighted by Gasteiger charge is -1.87. The lowest BCUT2D eigenvalue weighted by atomic mass is 10.4. The number of imidazole rings is 1. The molecule has 0 aliphatic heterocycles. The Morgan fingerprint density at radius 1 is 1.64 bits per heavy atom. The van der Waals surface area contributed by atoms with Gasteiger partial charge in [-0.05, 0) is 0 Å². The molecule has 1 rings (SSSR count). The molecule has 0 aliphatic rings. The second-order valence-corrected chi connectivity index (χ2v) is 1.86. The van der Waals surface area contributed by atoms with Crippen LogP contribution in [-0.2, 0) is 0 Å². The Hall–Kier alpha value is -1.85.